The maximum Gasteiger partial charge on any atom is 0.330 e. The van der Waals surface area contributed by atoms with Crippen molar-refractivity contribution in [2.45, 2.75) is 32.7 Å². The van der Waals surface area contributed by atoms with Gasteiger partial charge in [0.25, 0.3) is 0 Å². The van der Waals surface area contributed by atoms with Crippen molar-refractivity contribution in [1.29, 1.82) is 0 Å². The van der Waals surface area contributed by atoms with Crippen molar-refractivity contribution in [3.05, 3.63) is 83.9 Å². The van der Waals surface area contributed by atoms with Gasteiger partial charge < -0.3 is 9.64 Å². The summed E-state index contributed by atoms with van der Waals surface area (Å²) >= 11 is 0. The smallest absolute Gasteiger partial charge is 0.330 e. The van der Waals surface area contributed by atoms with Crippen molar-refractivity contribution in [3.8, 4) is 0 Å². The first kappa shape index (κ1) is 20.4. The molecule has 0 fully saturated rings. The Morgan fingerprint density at radius 2 is 1.56 bits per heavy atom. The van der Waals surface area contributed by atoms with Crippen molar-refractivity contribution in [2.75, 3.05) is 13.2 Å². The van der Waals surface area contributed by atoms with E-state index in [1.54, 1.807) is 4.90 Å². The van der Waals surface area contributed by atoms with Gasteiger partial charge in [0.15, 0.2) is 0 Å². The molecule has 0 aliphatic heterocycles. The molecule has 0 saturated heterocycles. The zero-order valence-corrected chi connectivity index (χ0v) is 15.8. The van der Waals surface area contributed by atoms with Gasteiger partial charge in [0, 0.05) is 25.2 Å². The highest BCUT2D eigenvalue weighted by Crippen LogP contribution is 2.08. The Bertz CT molecular complexity index is 726. The van der Waals surface area contributed by atoms with Crippen molar-refractivity contribution in [2.24, 2.45) is 0 Å². The minimum atomic E-state index is -0.473. The van der Waals surface area contributed by atoms with Crippen molar-refractivity contribution >= 4 is 11.9 Å². The van der Waals surface area contributed by atoms with Gasteiger partial charge in [0.2, 0.25) is 5.91 Å². The Hall–Kier alpha value is -2.88. The SMILES string of the molecule is CCCCOC(=O)/C=C/C(=O)N(CCc1ccccc1)Cc1ccccc1. The predicted octanol–water partition coefficient (Wildman–Crippen LogP) is 4.16. The van der Waals surface area contributed by atoms with Gasteiger partial charge in [-0.2, -0.15) is 0 Å². The normalized spacial score (nSPS) is 10.7. The van der Waals surface area contributed by atoms with Crippen LogP contribution in [0, 0.1) is 0 Å². The number of nitrogens with zero attached hydrogens (tertiary/aromatic N) is 1. The van der Waals surface area contributed by atoms with E-state index >= 15 is 0 Å². The molecule has 4 nitrogen and oxygen atoms in total. The van der Waals surface area contributed by atoms with E-state index < -0.39 is 5.97 Å². The molecule has 0 aliphatic rings. The fourth-order valence-electron chi connectivity index (χ4n) is 2.59. The van der Waals surface area contributed by atoms with Crippen LogP contribution in [-0.4, -0.2) is 29.9 Å². The third-order valence-corrected chi connectivity index (χ3v) is 4.15. The molecule has 142 valence electrons. The monoisotopic (exact) mass is 365 g/mol. The Balaban J connectivity index is 1.99. The van der Waals surface area contributed by atoms with Gasteiger partial charge >= 0.3 is 5.97 Å². The Morgan fingerprint density at radius 3 is 2.19 bits per heavy atom. The number of ether oxygens (including phenoxy) is 1. The van der Waals surface area contributed by atoms with Crippen LogP contribution >= 0.6 is 0 Å². The van der Waals surface area contributed by atoms with Crippen molar-refractivity contribution in [3.63, 3.8) is 0 Å². The Labute approximate surface area is 161 Å². The van der Waals surface area contributed by atoms with Gasteiger partial charge in [-0.15, -0.1) is 0 Å². The van der Waals surface area contributed by atoms with Crippen LogP contribution < -0.4 is 0 Å². The number of carbonyl (C=O) groups excluding carboxylic acids is 2. The summed E-state index contributed by atoms with van der Waals surface area (Å²) in [4.78, 5) is 26.1. The highest BCUT2D eigenvalue weighted by Gasteiger charge is 2.12. The van der Waals surface area contributed by atoms with Crippen LogP contribution in [0.1, 0.15) is 30.9 Å². The number of hydrogen-bond acceptors (Lipinski definition) is 3. The molecule has 2 rings (SSSR count). The summed E-state index contributed by atoms with van der Waals surface area (Å²) in [5.74, 6) is -0.665. The van der Waals surface area contributed by atoms with Gasteiger partial charge in [-0.1, -0.05) is 74.0 Å². The lowest BCUT2D eigenvalue weighted by Gasteiger charge is -2.21. The van der Waals surface area contributed by atoms with Gasteiger partial charge in [-0.3, -0.25) is 4.79 Å². The molecule has 2 aromatic carbocycles. The topological polar surface area (TPSA) is 46.6 Å². The number of carbonyl (C=O) groups is 2. The third-order valence-electron chi connectivity index (χ3n) is 4.15. The van der Waals surface area contributed by atoms with E-state index in [1.165, 1.54) is 17.7 Å². The molecule has 0 unspecified atom stereocenters. The van der Waals surface area contributed by atoms with E-state index in [0.29, 0.717) is 19.7 Å². The minimum Gasteiger partial charge on any atom is -0.463 e. The molecule has 0 heterocycles. The average Bonchev–Trinajstić information content (AvgIpc) is 2.71. The number of esters is 1. The van der Waals surface area contributed by atoms with Crippen molar-refractivity contribution < 1.29 is 14.3 Å². The van der Waals surface area contributed by atoms with E-state index in [0.717, 1.165) is 24.8 Å². The molecule has 0 N–H and O–H groups in total. The van der Waals surface area contributed by atoms with Gasteiger partial charge in [0.05, 0.1) is 6.61 Å². The van der Waals surface area contributed by atoms with Gasteiger partial charge in [0.1, 0.15) is 0 Å². The van der Waals surface area contributed by atoms with Crippen LogP contribution in [0.4, 0.5) is 0 Å². The molecule has 0 saturated carbocycles. The van der Waals surface area contributed by atoms with Crippen LogP contribution in [0.15, 0.2) is 72.8 Å². The lowest BCUT2D eigenvalue weighted by atomic mass is 10.1. The molecule has 2 aromatic rings. The molecule has 0 atom stereocenters. The first-order valence-corrected chi connectivity index (χ1v) is 9.40. The molecule has 0 bridgehead atoms. The highest BCUT2D eigenvalue weighted by molar-refractivity contribution is 5.94. The Morgan fingerprint density at radius 1 is 0.926 bits per heavy atom. The van der Waals surface area contributed by atoms with E-state index in [9.17, 15) is 9.59 Å². The van der Waals surface area contributed by atoms with Crippen LogP contribution in [0.3, 0.4) is 0 Å². The maximum atomic E-state index is 12.6. The number of hydrogen-bond donors (Lipinski definition) is 0. The number of rotatable bonds is 10. The predicted molar refractivity (Wildman–Crippen MR) is 107 cm³/mol. The summed E-state index contributed by atoms with van der Waals surface area (Å²) in [7, 11) is 0. The zero-order valence-electron chi connectivity index (χ0n) is 15.8. The summed E-state index contributed by atoms with van der Waals surface area (Å²) in [5.41, 5.74) is 2.23. The largest absolute Gasteiger partial charge is 0.463 e. The van der Waals surface area contributed by atoms with Crippen molar-refractivity contribution in [1.82, 2.24) is 4.90 Å². The lowest BCUT2D eigenvalue weighted by Crippen LogP contribution is -2.31. The Kier molecular flexibility index (Phi) is 8.84. The summed E-state index contributed by atoms with van der Waals surface area (Å²) < 4.78 is 5.06. The fraction of sp³-hybridized carbons (Fsp3) is 0.304. The lowest BCUT2D eigenvalue weighted by molar-refractivity contribution is -0.138. The van der Waals surface area contributed by atoms with Gasteiger partial charge in [-0.25, -0.2) is 4.79 Å². The molecular formula is C23H27NO3. The minimum absolute atomic E-state index is 0.192. The average molecular weight is 365 g/mol. The molecule has 0 radical (unpaired) electrons. The number of benzene rings is 2. The summed E-state index contributed by atoms with van der Waals surface area (Å²) in [6.07, 6.45) is 5.07. The highest BCUT2D eigenvalue weighted by atomic mass is 16.5. The zero-order chi connectivity index (χ0) is 19.3. The van der Waals surface area contributed by atoms with E-state index in [2.05, 4.69) is 0 Å². The summed E-state index contributed by atoms with van der Waals surface area (Å²) in [5, 5.41) is 0. The molecule has 27 heavy (non-hydrogen) atoms. The van der Waals surface area contributed by atoms with Crippen LogP contribution in [0.2, 0.25) is 0 Å². The molecule has 0 aromatic heterocycles. The first-order valence-electron chi connectivity index (χ1n) is 9.40. The summed E-state index contributed by atoms with van der Waals surface area (Å²) in [6.45, 7) is 3.49. The maximum absolute atomic E-state index is 12.6. The fourth-order valence-corrected chi connectivity index (χ4v) is 2.59. The third kappa shape index (κ3) is 7.90. The summed E-state index contributed by atoms with van der Waals surface area (Å²) in [6, 6.07) is 19.9. The van der Waals surface area contributed by atoms with Gasteiger partial charge in [-0.05, 0) is 24.0 Å². The molecule has 0 spiro atoms. The van der Waals surface area contributed by atoms with Crippen LogP contribution in [0.25, 0.3) is 0 Å². The second-order valence-corrected chi connectivity index (χ2v) is 6.34. The van der Waals surface area contributed by atoms with E-state index in [1.807, 2.05) is 67.6 Å². The second kappa shape index (κ2) is 11.7. The quantitative estimate of drug-likeness (QED) is 0.361. The van der Waals surface area contributed by atoms with E-state index in [4.69, 9.17) is 4.74 Å². The molecule has 1 amide bonds. The molecule has 0 aliphatic carbocycles. The molecular weight excluding hydrogens is 338 g/mol. The standard InChI is InChI=1S/C23H27NO3/c1-2-3-18-27-23(26)15-14-22(25)24(19-21-12-8-5-9-13-21)17-16-20-10-6-4-7-11-20/h4-15H,2-3,16-19H2,1H3/b15-14+. The molecule has 4 heteroatoms. The van der Waals surface area contributed by atoms with Crippen LogP contribution in [0.5, 0.6) is 0 Å². The van der Waals surface area contributed by atoms with E-state index in [-0.39, 0.29) is 5.91 Å². The number of unbranched alkanes of at least 4 members (excludes halogenated alkanes) is 1. The first-order chi connectivity index (χ1) is 13.2. The second-order valence-electron chi connectivity index (χ2n) is 6.34. The van der Waals surface area contributed by atoms with Crippen LogP contribution in [-0.2, 0) is 27.3 Å². The number of amides is 1.